The Kier molecular flexibility index (Phi) is 4.80. The Labute approximate surface area is 153 Å². The molecule has 2 aromatic carbocycles. The van der Waals surface area contributed by atoms with Crippen molar-refractivity contribution in [2.24, 2.45) is 0 Å². The maximum atomic E-state index is 13.2. The molecular weight excluding hydrogens is 328 g/mol. The third-order valence-electron chi connectivity index (χ3n) is 4.39. The smallest absolute Gasteiger partial charge is 0.278 e. The highest BCUT2D eigenvalue weighted by Gasteiger charge is 2.49. The minimum absolute atomic E-state index is 0.320. The first kappa shape index (κ1) is 17.7. The number of rotatable bonds is 5. The highest BCUT2D eigenvalue weighted by atomic mass is 16.5. The summed E-state index contributed by atoms with van der Waals surface area (Å²) < 4.78 is 5.88. The summed E-state index contributed by atoms with van der Waals surface area (Å²) in [4.78, 5) is 27.4. The average Bonchev–Trinajstić information content (AvgIpc) is 2.63. The van der Waals surface area contributed by atoms with Crippen molar-refractivity contribution >= 4 is 17.5 Å². The number of fused-ring (bicyclic) bond motifs is 1. The fourth-order valence-electron chi connectivity index (χ4n) is 2.96. The number of aryl methyl sites for hydroxylation is 1. The SMILES string of the molecule is C=CCN(Cc1ccccc1)C(=O)C1(C)Oc2ccc(C)cc2NC1=O. The second-order valence-electron chi connectivity index (χ2n) is 6.55. The van der Waals surface area contributed by atoms with Gasteiger partial charge in [-0.1, -0.05) is 42.5 Å². The second kappa shape index (κ2) is 7.04. The average molecular weight is 350 g/mol. The molecule has 1 aliphatic rings. The Balaban J connectivity index is 1.89. The number of carbonyl (C=O) groups excluding carboxylic acids is 2. The topological polar surface area (TPSA) is 58.6 Å². The van der Waals surface area contributed by atoms with Crippen LogP contribution in [0.2, 0.25) is 0 Å². The van der Waals surface area contributed by atoms with Crippen LogP contribution in [0.5, 0.6) is 5.75 Å². The van der Waals surface area contributed by atoms with E-state index < -0.39 is 17.4 Å². The maximum Gasteiger partial charge on any atom is 0.278 e. The molecule has 0 aromatic heterocycles. The molecule has 5 heteroatoms. The maximum absolute atomic E-state index is 13.2. The number of anilines is 1. The lowest BCUT2D eigenvalue weighted by Gasteiger charge is -2.37. The lowest BCUT2D eigenvalue weighted by Crippen LogP contribution is -2.59. The highest BCUT2D eigenvalue weighted by Crippen LogP contribution is 2.35. The van der Waals surface area contributed by atoms with E-state index >= 15 is 0 Å². The number of amides is 2. The number of nitrogens with one attached hydrogen (secondary N) is 1. The molecule has 0 fully saturated rings. The van der Waals surface area contributed by atoms with Crippen LogP contribution in [-0.2, 0) is 16.1 Å². The summed E-state index contributed by atoms with van der Waals surface area (Å²) in [6.07, 6.45) is 1.64. The number of hydrogen-bond donors (Lipinski definition) is 1. The van der Waals surface area contributed by atoms with E-state index in [1.54, 1.807) is 17.0 Å². The van der Waals surface area contributed by atoms with Crippen LogP contribution in [0.1, 0.15) is 18.1 Å². The van der Waals surface area contributed by atoms with E-state index in [1.165, 1.54) is 6.92 Å². The molecule has 0 saturated heterocycles. The lowest BCUT2D eigenvalue weighted by atomic mass is 9.99. The van der Waals surface area contributed by atoms with Gasteiger partial charge >= 0.3 is 0 Å². The number of carbonyl (C=O) groups is 2. The van der Waals surface area contributed by atoms with Gasteiger partial charge in [0, 0.05) is 13.1 Å². The summed E-state index contributed by atoms with van der Waals surface area (Å²) in [5, 5.41) is 2.80. The predicted molar refractivity (Wildman–Crippen MR) is 101 cm³/mol. The minimum atomic E-state index is -1.62. The minimum Gasteiger partial charge on any atom is -0.466 e. The van der Waals surface area contributed by atoms with Crippen molar-refractivity contribution in [2.75, 3.05) is 11.9 Å². The molecule has 0 saturated carbocycles. The van der Waals surface area contributed by atoms with E-state index in [4.69, 9.17) is 4.74 Å². The molecule has 26 heavy (non-hydrogen) atoms. The second-order valence-corrected chi connectivity index (χ2v) is 6.55. The van der Waals surface area contributed by atoms with Gasteiger partial charge in [0.05, 0.1) is 5.69 Å². The third kappa shape index (κ3) is 3.33. The van der Waals surface area contributed by atoms with Crippen LogP contribution in [0.4, 0.5) is 5.69 Å². The normalized spacial score (nSPS) is 18.3. The van der Waals surface area contributed by atoms with E-state index in [9.17, 15) is 9.59 Å². The molecule has 1 aliphatic heterocycles. The lowest BCUT2D eigenvalue weighted by molar-refractivity contribution is -0.154. The van der Waals surface area contributed by atoms with Crippen LogP contribution in [0.25, 0.3) is 0 Å². The van der Waals surface area contributed by atoms with Crippen molar-refractivity contribution in [3.63, 3.8) is 0 Å². The zero-order valence-corrected chi connectivity index (χ0v) is 15.0. The van der Waals surface area contributed by atoms with Gasteiger partial charge in [0.1, 0.15) is 5.75 Å². The fraction of sp³-hybridized carbons (Fsp3) is 0.238. The van der Waals surface area contributed by atoms with Gasteiger partial charge in [-0.05, 0) is 37.1 Å². The molecule has 2 aromatic rings. The van der Waals surface area contributed by atoms with Gasteiger partial charge in [-0.25, -0.2) is 0 Å². The van der Waals surface area contributed by atoms with Gasteiger partial charge < -0.3 is 15.0 Å². The molecule has 0 radical (unpaired) electrons. The molecule has 3 rings (SSSR count). The predicted octanol–water partition coefficient (Wildman–Crippen LogP) is 3.30. The molecule has 1 heterocycles. The summed E-state index contributed by atoms with van der Waals surface area (Å²) in [6, 6.07) is 15.1. The van der Waals surface area contributed by atoms with Gasteiger partial charge in [0.25, 0.3) is 17.4 Å². The van der Waals surface area contributed by atoms with E-state index in [0.717, 1.165) is 11.1 Å². The third-order valence-corrected chi connectivity index (χ3v) is 4.39. The summed E-state index contributed by atoms with van der Waals surface area (Å²) in [5.74, 6) is -0.378. The molecule has 0 spiro atoms. The Morgan fingerprint density at radius 1 is 1.27 bits per heavy atom. The van der Waals surface area contributed by atoms with E-state index in [-0.39, 0.29) is 0 Å². The zero-order valence-electron chi connectivity index (χ0n) is 15.0. The van der Waals surface area contributed by atoms with E-state index in [2.05, 4.69) is 11.9 Å². The molecule has 1 atom stereocenters. The number of hydrogen-bond acceptors (Lipinski definition) is 3. The first-order valence-corrected chi connectivity index (χ1v) is 8.49. The molecule has 0 aliphatic carbocycles. The monoisotopic (exact) mass is 350 g/mol. The van der Waals surface area contributed by atoms with Gasteiger partial charge in [-0.15, -0.1) is 6.58 Å². The summed E-state index contributed by atoms with van der Waals surface area (Å²) >= 11 is 0. The van der Waals surface area contributed by atoms with Crippen LogP contribution in [0, 0.1) is 6.92 Å². The number of ether oxygens (including phenoxy) is 1. The molecule has 2 amide bonds. The first-order valence-electron chi connectivity index (χ1n) is 8.49. The van der Waals surface area contributed by atoms with Crippen molar-refractivity contribution in [1.82, 2.24) is 4.90 Å². The van der Waals surface area contributed by atoms with E-state index in [0.29, 0.717) is 24.5 Å². The molecule has 1 N–H and O–H groups in total. The Hall–Kier alpha value is -3.08. The Morgan fingerprint density at radius 3 is 2.69 bits per heavy atom. The molecule has 5 nitrogen and oxygen atoms in total. The van der Waals surface area contributed by atoms with Crippen molar-refractivity contribution in [1.29, 1.82) is 0 Å². The Bertz CT molecular complexity index is 848. The largest absolute Gasteiger partial charge is 0.466 e. The summed E-state index contributed by atoms with van der Waals surface area (Å²) in [5.41, 5.74) is 0.928. The summed E-state index contributed by atoms with van der Waals surface area (Å²) in [7, 11) is 0. The van der Waals surface area contributed by atoms with Crippen LogP contribution in [0.3, 0.4) is 0 Å². The van der Waals surface area contributed by atoms with Crippen molar-refractivity contribution < 1.29 is 14.3 Å². The fourth-order valence-corrected chi connectivity index (χ4v) is 2.96. The van der Waals surface area contributed by atoms with Crippen LogP contribution >= 0.6 is 0 Å². The zero-order chi connectivity index (χ0) is 18.7. The van der Waals surface area contributed by atoms with Gasteiger partial charge in [-0.2, -0.15) is 0 Å². The molecule has 0 bridgehead atoms. The molecule has 1 unspecified atom stereocenters. The van der Waals surface area contributed by atoms with Gasteiger partial charge in [-0.3, -0.25) is 9.59 Å². The quantitative estimate of drug-likeness (QED) is 0.665. The standard InChI is InChI=1S/C21H22N2O3/c1-4-12-23(14-16-8-6-5-7-9-16)20(25)21(3)19(24)22-17-13-15(2)10-11-18(17)26-21/h4-11,13H,1,12,14H2,2-3H3,(H,22,24). The number of benzene rings is 2. The first-order chi connectivity index (χ1) is 12.4. The van der Waals surface area contributed by atoms with Crippen molar-refractivity contribution in [2.45, 2.75) is 26.0 Å². The highest BCUT2D eigenvalue weighted by molar-refractivity contribution is 6.15. The van der Waals surface area contributed by atoms with Crippen molar-refractivity contribution in [3.05, 3.63) is 72.3 Å². The number of nitrogens with zero attached hydrogens (tertiary/aromatic N) is 1. The van der Waals surface area contributed by atoms with Crippen LogP contribution < -0.4 is 10.1 Å². The van der Waals surface area contributed by atoms with Gasteiger partial charge in [0.15, 0.2) is 0 Å². The van der Waals surface area contributed by atoms with E-state index in [1.807, 2.05) is 49.4 Å². The molecular formula is C21H22N2O3. The van der Waals surface area contributed by atoms with Crippen molar-refractivity contribution in [3.8, 4) is 5.75 Å². The Morgan fingerprint density at radius 2 is 2.00 bits per heavy atom. The molecule has 134 valence electrons. The van der Waals surface area contributed by atoms with Gasteiger partial charge in [0.2, 0.25) is 0 Å². The van der Waals surface area contributed by atoms with Crippen LogP contribution in [-0.4, -0.2) is 28.9 Å². The van der Waals surface area contributed by atoms with Crippen LogP contribution in [0.15, 0.2) is 61.2 Å². The summed E-state index contributed by atoms with van der Waals surface area (Å²) in [6.45, 7) is 7.85.